The number of rotatable bonds is 6. The van der Waals surface area contributed by atoms with Crippen molar-refractivity contribution < 1.29 is 4.39 Å². The van der Waals surface area contributed by atoms with Crippen LogP contribution in [0.15, 0.2) is 176 Å². The SMILES string of the molecule is Fc1ccc2c(c1)c1cc([Si@](c3ccccc3)(c3ccc(-c4ccccc4)cc3)C3C=CC=CC3)ccc1n2-c1ccccc1. The summed E-state index contributed by atoms with van der Waals surface area (Å²) in [6.45, 7) is 0. The standard InChI is InChI=1S/C42H32FNSi/c43-33-23-27-41-39(29-33)40-30-38(26-28-42(40)44(41)34-15-7-2-8-16-34)45(35-17-9-3-10-18-35,36-19-11-4-12-20-36)37-24-21-32(22-25-37)31-13-5-1-6-14-31/h1-19,21-30,36H,20H2/t36?,45-/m0/s1. The third kappa shape index (κ3) is 4.59. The van der Waals surface area contributed by atoms with Crippen LogP contribution in [0.25, 0.3) is 38.6 Å². The summed E-state index contributed by atoms with van der Waals surface area (Å²) in [5.41, 5.74) is 5.90. The van der Waals surface area contributed by atoms with E-state index in [1.807, 2.05) is 12.1 Å². The summed E-state index contributed by atoms with van der Waals surface area (Å²) in [5, 5.41) is 6.09. The molecule has 0 spiro atoms. The first kappa shape index (κ1) is 27.3. The molecule has 1 nitrogen and oxygen atoms in total. The molecule has 3 heteroatoms. The fourth-order valence-corrected chi connectivity index (χ4v) is 12.7. The molecule has 7 aromatic rings. The Balaban J connectivity index is 1.43. The lowest BCUT2D eigenvalue weighted by atomic mass is 10.1. The van der Waals surface area contributed by atoms with Crippen LogP contribution in [0.5, 0.6) is 0 Å². The second-order valence-corrected chi connectivity index (χ2v) is 15.9. The third-order valence-electron chi connectivity index (χ3n) is 9.41. The van der Waals surface area contributed by atoms with Crippen LogP contribution in [0.4, 0.5) is 4.39 Å². The van der Waals surface area contributed by atoms with E-state index in [-0.39, 0.29) is 5.82 Å². The number of aromatic nitrogens is 1. The molecule has 1 aliphatic rings. The highest BCUT2D eigenvalue weighted by Gasteiger charge is 2.45. The van der Waals surface area contributed by atoms with Gasteiger partial charge in [0.25, 0.3) is 0 Å². The minimum atomic E-state index is -2.68. The zero-order valence-electron chi connectivity index (χ0n) is 24.9. The molecule has 0 saturated carbocycles. The van der Waals surface area contributed by atoms with Gasteiger partial charge in [0.15, 0.2) is 8.07 Å². The number of allylic oxidation sites excluding steroid dienone is 4. The topological polar surface area (TPSA) is 4.93 Å². The Hall–Kier alpha value is -5.25. The molecule has 216 valence electrons. The van der Waals surface area contributed by atoms with Gasteiger partial charge in [-0.1, -0.05) is 140 Å². The average molecular weight is 598 g/mol. The minimum Gasteiger partial charge on any atom is -0.309 e. The smallest absolute Gasteiger partial charge is 0.155 e. The van der Waals surface area contributed by atoms with Crippen molar-refractivity contribution in [2.24, 2.45) is 0 Å². The quantitative estimate of drug-likeness (QED) is 0.133. The molecule has 6 aromatic carbocycles. The fraction of sp³-hybridized carbons (Fsp3) is 0.0476. The summed E-state index contributed by atoms with van der Waals surface area (Å²) in [4.78, 5) is 0. The number of hydrogen-bond donors (Lipinski definition) is 0. The maximum absolute atomic E-state index is 14.9. The van der Waals surface area contributed by atoms with E-state index in [0.29, 0.717) is 5.54 Å². The Morgan fingerprint density at radius 2 is 1.11 bits per heavy atom. The van der Waals surface area contributed by atoms with E-state index in [9.17, 15) is 4.39 Å². The van der Waals surface area contributed by atoms with Gasteiger partial charge >= 0.3 is 0 Å². The summed E-state index contributed by atoms with van der Waals surface area (Å²) in [6, 6.07) is 53.5. The van der Waals surface area contributed by atoms with E-state index in [1.54, 1.807) is 12.1 Å². The summed E-state index contributed by atoms with van der Waals surface area (Å²) in [5.74, 6) is -0.219. The molecule has 45 heavy (non-hydrogen) atoms. The highest BCUT2D eigenvalue weighted by atomic mass is 28.3. The van der Waals surface area contributed by atoms with Gasteiger partial charge in [0, 0.05) is 16.5 Å². The molecular formula is C42H32FNSi. The molecule has 0 radical (unpaired) electrons. The average Bonchev–Trinajstić information content (AvgIpc) is 3.43. The lowest BCUT2D eigenvalue weighted by molar-refractivity contribution is 0.629. The predicted molar refractivity (Wildman–Crippen MR) is 190 cm³/mol. The number of nitrogens with zero attached hydrogens (tertiary/aromatic N) is 1. The zero-order chi connectivity index (χ0) is 30.2. The Morgan fingerprint density at radius 1 is 0.533 bits per heavy atom. The first-order chi connectivity index (χ1) is 22.2. The van der Waals surface area contributed by atoms with E-state index in [1.165, 1.54) is 26.7 Å². The van der Waals surface area contributed by atoms with Gasteiger partial charge in [-0.25, -0.2) is 4.39 Å². The zero-order valence-corrected chi connectivity index (χ0v) is 25.9. The normalized spacial score (nSPS) is 15.8. The molecule has 1 aromatic heterocycles. The van der Waals surface area contributed by atoms with Crippen molar-refractivity contribution in [3.8, 4) is 16.8 Å². The number of halogens is 1. The molecule has 0 aliphatic heterocycles. The van der Waals surface area contributed by atoms with Crippen molar-refractivity contribution >= 4 is 45.4 Å². The first-order valence-corrected chi connectivity index (χ1v) is 17.7. The highest BCUT2D eigenvalue weighted by Crippen LogP contribution is 2.35. The van der Waals surface area contributed by atoms with Gasteiger partial charge in [-0.15, -0.1) is 0 Å². The van der Waals surface area contributed by atoms with E-state index >= 15 is 0 Å². The third-order valence-corrected chi connectivity index (χ3v) is 14.7. The van der Waals surface area contributed by atoms with Crippen LogP contribution in [-0.4, -0.2) is 12.6 Å². The first-order valence-electron chi connectivity index (χ1n) is 15.6. The largest absolute Gasteiger partial charge is 0.309 e. The summed E-state index contributed by atoms with van der Waals surface area (Å²) < 4.78 is 17.2. The molecule has 1 aliphatic carbocycles. The van der Waals surface area contributed by atoms with Crippen LogP contribution in [0, 0.1) is 5.82 Å². The van der Waals surface area contributed by atoms with Crippen LogP contribution < -0.4 is 15.6 Å². The Labute approximate surface area is 264 Å². The summed E-state index contributed by atoms with van der Waals surface area (Å²) in [7, 11) is -2.68. The van der Waals surface area contributed by atoms with Gasteiger partial charge in [-0.2, -0.15) is 0 Å². The van der Waals surface area contributed by atoms with E-state index in [0.717, 1.165) is 33.9 Å². The molecule has 0 amide bonds. The van der Waals surface area contributed by atoms with Crippen molar-refractivity contribution in [1.29, 1.82) is 0 Å². The van der Waals surface area contributed by atoms with Gasteiger partial charge in [0.2, 0.25) is 0 Å². The van der Waals surface area contributed by atoms with E-state index < -0.39 is 8.07 Å². The van der Waals surface area contributed by atoms with Gasteiger partial charge in [0.05, 0.1) is 11.0 Å². The Morgan fingerprint density at radius 3 is 1.80 bits per heavy atom. The monoisotopic (exact) mass is 597 g/mol. The van der Waals surface area contributed by atoms with Crippen molar-refractivity contribution in [2.45, 2.75) is 12.0 Å². The number of hydrogen-bond acceptors (Lipinski definition) is 0. The van der Waals surface area contributed by atoms with Crippen LogP contribution in [0.3, 0.4) is 0 Å². The van der Waals surface area contributed by atoms with Gasteiger partial charge < -0.3 is 4.57 Å². The summed E-state index contributed by atoms with van der Waals surface area (Å²) in [6.07, 6.45) is 10.1. The molecule has 8 rings (SSSR count). The van der Waals surface area contributed by atoms with Crippen molar-refractivity contribution in [1.82, 2.24) is 4.57 Å². The highest BCUT2D eigenvalue weighted by molar-refractivity contribution is 7.12. The fourth-order valence-electron chi connectivity index (χ4n) is 7.40. The maximum atomic E-state index is 14.9. The van der Waals surface area contributed by atoms with Crippen LogP contribution in [0.1, 0.15) is 6.42 Å². The Kier molecular flexibility index (Phi) is 6.89. The second kappa shape index (κ2) is 11.3. The lowest BCUT2D eigenvalue weighted by Crippen LogP contribution is -2.69. The van der Waals surface area contributed by atoms with Crippen molar-refractivity contribution in [2.75, 3.05) is 0 Å². The Bertz CT molecular complexity index is 2180. The van der Waals surface area contributed by atoms with Crippen molar-refractivity contribution in [3.05, 3.63) is 182 Å². The van der Waals surface area contributed by atoms with Gasteiger partial charge in [-0.05, 0) is 75.0 Å². The van der Waals surface area contributed by atoms with Gasteiger partial charge in [-0.3, -0.25) is 0 Å². The van der Waals surface area contributed by atoms with Gasteiger partial charge in [0.1, 0.15) is 5.82 Å². The summed E-state index contributed by atoms with van der Waals surface area (Å²) >= 11 is 0. The molecule has 0 bridgehead atoms. The van der Waals surface area contributed by atoms with E-state index in [4.69, 9.17) is 0 Å². The molecule has 1 unspecified atom stereocenters. The van der Waals surface area contributed by atoms with Crippen LogP contribution in [0.2, 0.25) is 5.54 Å². The molecule has 0 fully saturated rings. The number of fused-ring (bicyclic) bond motifs is 3. The minimum absolute atomic E-state index is 0.219. The van der Waals surface area contributed by atoms with Crippen LogP contribution in [-0.2, 0) is 0 Å². The van der Waals surface area contributed by atoms with Crippen LogP contribution >= 0.6 is 0 Å². The molecule has 0 saturated heterocycles. The lowest BCUT2D eigenvalue weighted by Gasteiger charge is -2.40. The number of benzene rings is 6. The maximum Gasteiger partial charge on any atom is 0.155 e. The molecule has 0 N–H and O–H groups in total. The molecule has 2 atom stereocenters. The second-order valence-electron chi connectivity index (χ2n) is 11.8. The van der Waals surface area contributed by atoms with E-state index in [2.05, 4.69) is 156 Å². The number of para-hydroxylation sites is 1. The molecular weight excluding hydrogens is 566 g/mol. The predicted octanol–water partition coefficient (Wildman–Crippen LogP) is 8.95. The van der Waals surface area contributed by atoms with Crippen molar-refractivity contribution in [3.63, 3.8) is 0 Å². The molecule has 1 heterocycles.